The number of anilines is 2. The first-order valence-electron chi connectivity index (χ1n) is 8.96. The number of nitrogens with one attached hydrogen (secondary N) is 1. The number of fused-ring (bicyclic) bond motifs is 1. The van der Waals surface area contributed by atoms with E-state index in [1.54, 1.807) is 13.1 Å². The van der Waals surface area contributed by atoms with Crippen molar-refractivity contribution < 1.29 is 9.53 Å². The van der Waals surface area contributed by atoms with Gasteiger partial charge in [0.15, 0.2) is 0 Å². The summed E-state index contributed by atoms with van der Waals surface area (Å²) in [5, 5.41) is 4.37. The van der Waals surface area contributed by atoms with Crippen LogP contribution in [0.5, 0.6) is 0 Å². The zero-order chi connectivity index (χ0) is 18.7. The van der Waals surface area contributed by atoms with Crippen LogP contribution in [0.25, 0.3) is 10.9 Å². The zero-order valence-electron chi connectivity index (χ0n) is 15.7. The van der Waals surface area contributed by atoms with Crippen LogP contribution in [0, 0.1) is 13.8 Å². The van der Waals surface area contributed by atoms with E-state index >= 15 is 0 Å². The molecule has 0 radical (unpaired) electrons. The minimum atomic E-state index is -0.365. The van der Waals surface area contributed by atoms with Gasteiger partial charge in [0.25, 0.3) is 0 Å². The van der Waals surface area contributed by atoms with Crippen molar-refractivity contribution in [3.05, 3.63) is 64.8 Å². The van der Waals surface area contributed by atoms with Gasteiger partial charge < -0.3 is 10.1 Å². The molecule has 4 nitrogen and oxygen atoms in total. The molecular formula is C22H24N2O2. The van der Waals surface area contributed by atoms with E-state index in [2.05, 4.69) is 55.3 Å². The van der Waals surface area contributed by atoms with Gasteiger partial charge in [-0.1, -0.05) is 31.2 Å². The topological polar surface area (TPSA) is 51.2 Å². The van der Waals surface area contributed by atoms with Crippen LogP contribution in [0.3, 0.4) is 0 Å². The Hall–Kier alpha value is -2.88. The molecule has 26 heavy (non-hydrogen) atoms. The Bertz CT molecular complexity index is 944. The molecule has 0 aliphatic heterocycles. The van der Waals surface area contributed by atoms with Crippen molar-refractivity contribution in [1.29, 1.82) is 0 Å². The minimum absolute atomic E-state index is 0.328. The highest BCUT2D eigenvalue weighted by atomic mass is 16.5. The third-order valence-electron chi connectivity index (χ3n) is 4.35. The van der Waals surface area contributed by atoms with Crippen LogP contribution in [0.15, 0.2) is 42.6 Å². The van der Waals surface area contributed by atoms with Crippen LogP contribution in [0.4, 0.5) is 11.4 Å². The summed E-state index contributed by atoms with van der Waals surface area (Å²) in [6.45, 7) is 8.36. The summed E-state index contributed by atoms with van der Waals surface area (Å²) >= 11 is 0. The molecule has 0 spiro atoms. The van der Waals surface area contributed by atoms with Crippen molar-refractivity contribution in [2.75, 3.05) is 11.9 Å². The van der Waals surface area contributed by atoms with Crippen LogP contribution < -0.4 is 5.32 Å². The van der Waals surface area contributed by atoms with Crippen LogP contribution in [-0.2, 0) is 11.2 Å². The molecule has 1 N–H and O–H groups in total. The van der Waals surface area contributed by atoms with Crippen molar-refractivity contribution in [1.82, 2.24) is 4.98 Å². The molecule has 0 saturated heterocycles. The lowest BCUT2D eigenvalue weighted by molar-refractivity contribution is 0.0527. The van der Waals surface area contributed by atoms with Crippen LogP contribution in [0.1, 0.15) is 40.9 Å². The Kier molecular flexibility index (Phi) is 5.21. The molecule has 134 valence electrons. The van der Waals surface area contributed by atoms with Crippen molar-refractivity contribution in [3.8, 4) is 0 Å². The van der Waals surface area contributed by atoms with Crippen LogP contribution in [0.2, 0.25) is 0 Å². The van der Waals surface area contributed by atoms with E-state index in [-0.39, 0.29) is 5.97 Å². The summed E-state index contributed by atoms with van der Waals surface area (Å²) in [5.74, 6) is -0.365. The average molecular weight is 348 g/mol. The highest BCUT2D eigenvalue weighted by molar-refractivity contribution is 6.06. The number of hydrogen-bond donors (Lipinski definition) is 1. The van der Waals surface area contributed by atoms with E-state index in [1.165, 1.54) is 0 Å². The first kappa shape index (κ1) is 17.9. The fourth-order valence-electron chi connectivity index (χ4n) is 3.26. The number of rotatable bonds is 5. The standard InChI is InChI=1S/C22H24N2O2/c1-5-16-8-7-9-18-20(16)23-13-19(22(25)26-6-2)21(18)24-17-11-14(3)10-15(4)12-17/h7-13H,5-6H2,1-4H3,(H,23,24). The Labute approximate surface area is 154 Å². The molecule has 0 amide bonds. The van der Waals surface area contributed by atoms with Crippen molar-refractivity contribution in [2.24, 2.45) is 0 Å². The molecule has 0 saturated carbocycles. The maximum absolute atomic E-state index is 12.5. The second-order valence-corrected chi connectivity index (χ2v) is 6.44. The maximum atomic E-state index is 12.5. The normalized spacial score (nSPS) is 10.8. The number of para-hydroxylation sites is 1. The summed E-state index contributed by atoms with van der Waals surface area (Å²) in [7, 11) is 0. The minimum Gasteiger partial charge on any atom is -0.462 e. The quantitative estimate of drug-likeness (QED) is 0.633. The van der Waals surface area contributed by atoms with Crippen LogP contribution in [-0.4, -0.2) is 17.6 Å². The molecule has 2 aromatic carbocycles. The molecule has 0 aliphatic carbocycles. The van der Waals surface area contributed by atoms with E-state index in [9.17, 15) is 4.79 Å². The number of carbonyl (C=O) groups excluding carboxylic acids is 1. The largest absolute Gasteiger partial charge is 0.462 e. The second-order valence-electron chi connectivity index (χ2n) is 6.44. The first-order valence-corrected chi connectivity index (χ1v) is 8.96. The van der Waals surface area contributed by atoms with Gasteiger partial charge in [-0.25, -0.2) is 4.79 Å². The molecule has 4 heteroatoms. The van der Waals surface area contributed by atoms with Crippen molar-refractivity contribution >= 4 is 28.2 Å². The van der Waals surface area contributed by atoms with E-state index < -0.39 is 0 Å². The Morgan fingerprint density at radius 3 is 2.50 bits per heavy atom. The third-order valence-corrected chi connectivity index (χ3v) is 4.35. The number of ether oxygens (including phenoxy) is 1. The number of aromatic nitrogens is 1. The molecule has 0 atom stereocenters. The van der Waals surface area contributed by atoms with Gasteiger partial charge in [-0.2, -0.15) is 0 Å². The van der Waals surface area contributed by atoms with Gasteiger partial charge >= 0.3 is 5.97 Å². The van der Waals surface area contributed by atoms with E-state index in [0.29, 0.717) is 12.2 Å². The predicted molar refractivity (Wildman–Crippen MR) is 106 cm³/mol. The Balaban J connectivity index is 2.21. The van der Waals surface area contributed by atoms with Gasteiger partial charge in [-0.15, -0.1) is 0 Å². The number of hydrogen-bond acceptors (Lipinski definition) is 4. The zero-order valence-corrected chi connectivity index (χ0v) is 15.7. The van der Waals surface area contributed by atoms with Crippen LogP contribution >= 0.6 is 0 Å². The van der Waals surface area contributed by atoms with Gasteiger partial charge in [-0.05, 0) is 56.0 Å². The van der Waals surface area contributed by atoms with Crippen molar-refractivity contribution in [3.63, 3.8) is 0 Å². The molecule has 0 fully saturated rings. The van der Waals surface area contributed by atoms with Crippen molar-refractivity contribution in [2.45, 2.75) is 34.1 Å². The molecule has 3 rings (SSSR count). The lowest BCUT2D eigenvalue weighted by Crippen LogP contribution is -2.09. The fraction of sp³-hybridized carbons (Fsp3) is 0.273. The lowest BCUT2D eigenvalue weighted by atomic mass is 10.0. The number of pyridine rings is 1. The lowest BCUT2D eigenvalue weighted by Gasteiger charge is -2.16. The predicted octanol–water partition coefficient (Wildman–Crippen LogP) is 5.33. The average Bonchev–Trinajstić information content (AvgIpc) is 2.60. The Morgan fingerprint density at radius 2 is 1.85 bits per heavy atom. The summed E-state index contributed by atoms with van der Waals surface area (Å²) in [6.07, 6.45) is 2.50. The summed E-state index contributed by atoms with van der Waals surface area (Å²) in [6, 6.07) is 12.3. The number of esters is 1. The summed E-state index contributed by atoms with van der Waals surface area (Å²) < 4.78 is 5.24. The van der Waals surface area contributed by atoms with E-state index in [1.807, 2.05) is 12.1 Å². The van der Waals surface area contributed by atoms with Gasteiger partial charge in [0.2, 0.25) is 0 Å². The number of nitrogens with zero attached hydrogens (tertiary/aromatic N) is 1. The third kappa shape index (κ3) is 3.54. The molecular weight excluding hydrogens is 324 g/mol. The van der Waals surface area contributed by atoms with Gasteiger partial charge in [0.05, 0.1) is 17.8 Å². The molecule has 1 aromatic heterocycles. The summed E-state index contributed by atoms with van der Waals surface area (Å²) in [5.41, 5.74) is 6.54. The monoisotopic (exact) mass is 348 g/mol. The van der Waals surface area contributed by atoms with Gasteiger partial charge in [-0.3, -0.25) is 4.98 Å². The fourth-order valence-corrected chi connectivity index (χ4v) is 3.26. The highest BCUT2D eigenvalue weighted by Gasteiger charge is 2.18. The molecule has 1 heterocycles. The number of carbonyl (C=O) groups is 1. The molecule has 0 bridgehead atoms. The van der Waals surface area contributed by atoms with E-state index in [0.717, 1.165) is 45.4 Å². The maximum Gasteiger partial charge on any atom is 0.341 e. The number of benzene rings is 2. The number of aryl methyl sites for hydroxylation is 3. The second kappa shape index (κ2) is 7.56. The highest BCUT2D eigenvalue weighted by Crippen LogP contribution is 2.32. The SMILES string of the molecule is CCOC(=O)c1cnc2c(CC)cccc2c1Nc1cc(C)cc(C)c1. The Morgan fingerprint density at radius 1 is 1.12 bits per heavy atom. The smallest absolute Gasteiger partial charge is 0.341 e. The first-order chi connectivity index (χ1) is 12.5. The van der Waals surface area contributed by atoms with E-state index in [4.69, 9.17) is 4.74 Å². The molecule has 0 aliphatic rings. The molecule has 0 unspecified atom stereocenters. The summed E-state index contributed by atoms with van der Waals surface area (Å²) in [4.78, 5) is 17.0. The van der Waals surface area contributed by atoms with Gasteiger partial charge in [0.1, 0.15) is 5.56 Å². The molecule has 3 aromatic rings. The van der Waals surface area contributed by atoms with Gasteiger partial charge in [0, 0.05) is 17.3 Å².